The van der Waals surface area contributed by atoms with Gasteiger partial charge >= 0.3 is 5.97 Å². The molecule has 1 heterocycles. The molecule has 0 aliphatic rings. The summed E-state index contributed by atoms with van der Waals surface area (Å²) in [5, 5.41) is 3.59. The number of pyridine rings is 1. The number of nitrogen functional groups attached to an aromatic ring is 1. The van der Waals surface area contributed by atoms with Crippen LogP contribution in [-0.4, -0.2) is 30.5 Å². The van der Waals surface area contributed by atoms with Crippen molar-refractivity contribution in [3.8, 4) is 0 Å². The van der Waals surface area contributed by atoms with Crippen LogP contribution < -0.4 is 11.1 Å². The molecule has 0 aliphatic heterocycles. The van der Waals surface area contributed by atoms with Crippen molar-refractivity contribution in [2.45, 2.75) is 12.8 Å². The van der Waals surface area contributed by atoms with Gasteiger partial charge in [0.15, 0.2) is 0 Å². The number of esters is 1. The molecular formula is C15H17N3O3. The summed E-state index contributed by atoms with van der Waals surface area (Å²) < 4.78 is 4.50. The van der Waals surface area contributed by atoms with E-state index in [-0.39, 0.29) is 31.3 Å². The lowest BCUT2D eigenvalue weighted by Gasteiger charge is -2.05. The van der Waals surface area contributed by atoms with E-state index < -0.39 is 0 Å². The summed E-state index contributed by atoms with van der Waals surface area (Å²) in [4.78, 5) is 27.1. The van der Waals surface area contributed by atoms with Crippen molar-refractivity contribution >= 4 is 28.5 Å². The number of hydrogen-bond donors (Lipinski definition) is 2. The largest absolute Gasteiger partial charge is 0.469 e. The molecule has 2 aromatic rings. The number of carbonyl (C=O) groups excluding carboxylic acids is 2. The van der Waals surface area contributed by atoms with E-state index in [1.807, 2.05) is 18.2 Å². The van der Waals surface area contributed by atoms with Crippen molar-refractivity contribution in [1.82, 2.24) is 10.3 Å². The third-order valence-electron chi connectivity index (χ3n) is 2.99. The molecule has 0 saturated carbocycles. The van der Waals surface area contributed by atoms with Crippen LogP contribution in [0.3, 0.4) is 0 Å². The lowest BCUT2D eigenvalue weighted by atomic mass is 10.1. The Morgan fingerprint density at radius 3 is 2.86 bits per heavy atom. The normalized spacial score (nSPS) is 10.3. The van der Waals surface area contributed by atoms with Crippen LogP contribution in [0.2, 0.25) is 0 Å². The number of hydrogen-bond acceptors (Lipinski definition) is 5. The smallest absolute Gasteiger partial charge is 0.307 e. The van der Waals surface area contributed by atoms with Crippen LogP contribution in [0.25, 0.3) is 10.9 Å². The SMILES string of the molecule is COC(=O)CCNC(=O)Cc1ccc2cc(N)ccc2n1. The minimum Gasteiger partial charge on any atom is -0.469 e. The Bertz CT molecular complexity index is 670. The highest BCUT2D eigenvalue weighted by Crippen LogP contribution is 2.16. The van der Waals surface area contributed by atoms with Gasteiger partial charge in [-0.25, -0.2) is 0 Å². The van der Waals surface area contributed by atoms with Gasteiger partial charge in [0, 0.05) is 17.6 Å². The molecule has 21 heavy (non-hydrogen) atoms. The Labute approximate surface area is 122 Å². The number of nitrogens with zero attached hydrogens (tertiary/aromatic N) is 1. The lowest BCUT2D eigenvalue weighted by Crippen LogP contribution is -2.28. The van der Waals surface area contributed by atoms with Crippen molar-refractivity contribution in [3.05, 3.63) is 36.0 Å². The third kappa shape index (κ3) is 4.17. The number of aromatic nitrogens is 1. The van der Waals surface area contributed by atoms with Crippen LogP contribution in [0.5, 0.6) is 0 Å². The fourth-order valence-corrected chi connectivity index (χ4v) is 1.92. The Morgan fingerprint density at radius 2 is 2.10 bits per heavy atom. The Balaban J connectivity index is 1.95. The van der Waals surface area contributed by atoms with Crippen LogP contribution in [0.1, 0.15) is 12.1 Å². The second-order valence-corrected chi connectivity index (χ2v) is 4.61. The van der Waals surface area contributed by atoms with Gasteiger partial charge in [0.05, 0.1) is 31.2 Å². The first-order chi connectivity index (χ1) is 10.1. The van der Waals surface area contributed by atoms with Crippen molar-refractivity contribution in [1.29, 1.82) is 0 Å². The molecule has 0 radical (unpaired) electrons. The molecule has 6 nitrogen and oxygen atoms in total. The van der Waals surface area contributed by atoms with E-state index in [9.17, 15) is 9.59 Å². The highest BCUT2D eigenvalue weighted by Gasteiger charge is 2.07. The number of anilines is 1. The molecule has 0 bridgehead atoms. The molecule has 0 fully saturated rings. The second kappa shape index (κ2) is 6.69. The molecule has 1 aromatic carbocycles. The molecule has 0 spiro atoms. The molecular weight excluding hydrogens is 270 g/mol. The molecule has 0 unspecified atom stereocenters. The van der Waals surface area contributed by atoms with Crippen LogP contribution >= 0.6 is 0 Å². The number of fused-ring (bicyclic) bond motifs is 1. The van der Waals surface area contributed by atoms with Crippen LogP contribution in [0.15, 0.2) is 30.3 Å². The average Bonchev–Trinajstić information content (AvgIpc) is 2.47. The quantitative estimate of drug-likeness (QED) is 0.633. The Hall–Kier alpha value is -2.63. The number of carbonyl (C=O) groups is 2. The van der Waals surface area contributed by atoms with Gasteiger partial charge in [0.1, 0.15) is 0 Å². The number of rotatable bonds is 5. The summed E-state index contributed by atoms with van der Waals surface area (Å²) >= 11 is 0. The predicted octanol–water partition coefficient (Wildman–Crippen LogP) is 1.04. The monoisotopic (exact) mass is 287 g/mol. The van der Waals surface area contributed by atoms with E-state index in [1.165, 1.54) is 7.11 Å². The van der Waals surface area contributed by atoms with Gasteiger partial charge in [-0.15, -0.1) is 0 Å². The summed E-state index contributed by atoms with van der Waals surface area (Å²) in [6, 6.07) is 9.11. The van der Waals surface area contributed by atoms with E-state index in [2.05, 4.69) is 15.0 Å². The number of benzene rings is 1. The van der Waals surface area contributed by atoms with Gasteiger partial charge in [-0.2, -0.15) is 0 Å². The van der Waals surface area contributed by atoms with Gasteiger partial charge < -0.3 is 15.8 Å². The third-order valence-corrected chi connectivity index (χ3v) is 2.99. The van der Waals surface area contributed by atoms with Gasteiger partial charge in [-0.05, 0) is 24.3 Å². The van der Waals surface area contributed by atoms with E-state index >= 15 is 0 Å². The molecule has 2 rings (SSSR count). The average molecular weight is 287 g/mol. The minimum absolute atomic E-state index is 0.159. The minimum atomic E-state index is -0.350. The van der Waals surface area contributed by atoms with Gasteiger partial charge in [0.2, 0.25) is 5.91 Å². The molecule has 1 aromatic heterocycles. The van der Waals surface area contributed by atoms with Crippen molar-refractivity contribution in [3.63, 3.8) is 0 Å². The summed E-state index contributed by atoms with van der Waals surface area (Å²) in [6.45, 7) is 0.260. The summed E-state index contributed by atoms with van der Waals surface area (Å²) in [7, 11) is 1.32. The zero-order valence-electron chi connectivity index (χ0n) is 11.8. The van der Waals surface area contributed by atoms with Crippen molar-refractivity contribution in [2.75, 3.05) is 19.4 Å². The first-order valence-electron chi connectivity index (χ1n) is 6.57. The number of methoxy groups -OCH3 is 1. The molecule has 1 amide bonds. The number of ether oxygens (including phenoxy) is 1. The number of amides is 1. The second-order valence-electron chi connectivity index (χ2n) is 4.61. The predicted molar refractivity (Wildman–Crippen MR) is 79.5 cm³/mol. The van der Waals surface area contributed by atoms with Crippen molar-refractivity contribution < 1.29 is 14.3 Å². The molecule has 0 aliphatic carbocycles. The maximum Gasteiger partial charge on any atom is 0.307 e. The highest BCUT2D eigenvalue weighted by atomic mass is 16.5. The molecule has 0 saturated heterocycles. The maximum absolute atomic E-state index is 11.7. The molecule has 110 valence electrons. The Kier molecular flexibility index (Phi) is 4.71. The van der Waals surface area contributed by atoms with Crippen LogP contribution in [-0.2, 0) is 20.7 Å². The summed E-state index contributed by atoms with van der Waals surface area (Å²) in [6.07, 6.45) is 0.328. The van der Waals surface area contributed by atoms with Crippen LogP contribution in [0.4, 0.5) is 5.69 Å². The van der Waals surface area contributed by atoms with Gasteiger partial charge in [-0.1, -0.05) is 6.07 Å². The molecule has 0 atom stereocenters. The van der Waals surface area contributed by atoms with Crippen LogP contribution in [0, 0.1) is 0 Å². The first kappa shape index (κ1) is 14.8. The summed E-state index contributed by atoms with van der Waals surface area (Å²) in [5.41, 5.74) is 7.85. The highest BCUT2D eigenvalue weighted by molar-refractivity contribution is 5.83. The van der Waals surface area contributed by atoms with E-state index in [0.29, 0.717) is 11.4 Å². The van der Waals surface area contributed by atoms with Crippen molar-refractivity contribution in [2.24, 2.45) is 0 Å². The zero-order chi connectivity index (χ0) is 15.2. The van der Waals surface area contributed by atoms with E-state index in [0.717, 1.165) is 10.9 Å². The fourth-order valence-electron chi connectivity index (χ4n) is 1.92. The topological polar surface area (TPSA) is 94.3 Å². The fraction of sp³-hybridized carbons (Fsp3) is 0.267. The molecule has 6 heteroatoms. The van der Waals surface area contributed by atoms with E-state index in [4.69, 9.17) is 5.73 Å². The van der Waals surface area contributed by atoms with E-state index in [1.54, 1.807) is 12.1 Å². The maximum atomic E-state index is 11.7. The van der Waals surface area contributed by atoms with Gasteiger partial charge in [-0.3, -0.25) is 14.6 Å². The Morgan fingerprint density at radius 1 is 1.29 bits per heavy atom. The van der Waals surface area contributed by atoms with Gasteiger partial charge in [0.25, 0.3) is 0 Å². The standard InChI is InChI=1S/C15H17N3O3/c1-21-15(20)6-7-17-14(19)9-12-4-2-10-8-11(16)3-5-13(10)18-12/h2-5,8H,6-7,9,16H2,1H3,(H,17,19). The number of nitrogens with one attached hydrogen (secondary N) is 1. The number of nitrogens with two attached hydrogens (primary N) is 1. The summed E-state index contributed by atoms with van der Waals surface area (Å²) in [5.74, 6) is -0.530. The zero-order valence-corrected chi connectivity index (χ0v) is 11.8. The lowest BCUT2D eigenvalue weighted by molar-refractivity contribution is -0.140. The molecule has 3 N–H and O–H groups in total. The first-order valence-corrected chi connectivity index (χ1v) is 6.57.